The number of benzene rings is 2. The summed E-state index contributed by atoms with van der Waals surface area (Å²) in [5.41, 5.74) is 8.53. The highest BCUT2D eigenvalue weighted by molar-refractivity contribution is 5.95. The molecule has 0 saturated carbocycles. The molecule has 3 aromatic rings. The quantitative estimate of drug-likeness (QED) is 0.455. The number of hydrogen-bond donors (Lipinski definition) is 4. The van der Waals surface area contributed by atoms with Crippen LogP contribution in [0.1, 0.15) is 18.0 Å². The van der Waals surface area contributed by atoms with Gasteiger partial charge in [-0.3, -0.25) is 14.7 Å². The number of carbonyl (C=O) groups is 3. The van der Waals surface area contributed by atoms with Crippen LogP contribution in [0.3, 0.4) is 0 Å². The Hall–Kier alpha value is -3.93. The topological polar surface area (TPSA) is 141 Å². The van der Waals surface area contributed by atoms with Crippen molar-refractivity contribution >= 4 is 34.4 Å². The van der Waals surface area contributed by atoms with Gasteiger partial charge in [-0.2, -0.15) is 18.3 Å². The number of nitrogens with one attached hydrogen (secondary N) is 2. The maximum absolute atomic E-state index is 12.6. The van der Waals surface area contributed by atoms with Crippen LogP contribution in [0.25, 0.3) is 10.9 Å². The number of anilines is 1. The van der Waals surface area contributed by atoms with Crippen LogP contribution in [0.2, 0.25) is 0 Å². The molecule has 4 rings (SSSR count). The summed E-state index contributed by atoms with van der Waals surface area (Å²) < 4.78 is 31.7. The van der Waals surface area contributed by atoms with Gasteiger partial charge >= 0.3 is 12.1 Å². The minimum Gasteiger partial charge on any atom is -0.475 e. The summed E-state index contributed by atoms with van der Waals surface area (Å²) >= 11 is 0. The molecule has 9 nitrogen and oxygen atoms in total. The van der Waals surface area contributed by atoms with Gasteiger partial charge in [0.05, 0.1) is 17.6 Å². The summed E-state index contributed by atoms with van der Waals surface area (Å²) in [5, 5.41) is 17.9. The van der Waals surface area contributed by atoms with E-state index in [4.69, 9.17) is 15.6 Å². The number of amides is 2. The zero-order valence-corrected chi connectivity index (χ0v) is 17.7. The maximum Gasteiger partial charge on any atom is 0.490 e. The van der Waals surface area contributed by atoms with E-state index in [0.717, 1.165) is 22.2 Å². The number of aromatic amines is 1. The van der Waals surface area contributed by atoms with Crippen LogP contribution in [-0.2, 0) is 14.4 Å². The molecule has 0 radical (unpaired) electrons. The van der Waals surface area contributed by atoms with Crippen molar-refractivity contribution in [2.45, 2.75) is 18.6 Å². The first-order chi connectivity index (χ1) is 16.1. The van der Waals surface area contributed by atoms with E-state index < -0.39 is 18.2 Å². The molecule has 12 heteroatoms. The average molecular weight is 477 g/mol. The molecule has 0 bridgehead atoms. The van der Waals surface area contributed by atoms with Crippen LogP contribution < -0.4 is 11.1 Å². The molecule has 5 N–H and O–H groups in total. The molecule has 2 aromatic carbocycles. The Bertz CT molecular complexity index is 1170. The van der Waals surface area contributed by atoms with Crippen molar-refractivity contribution < 1.29 is 32.7 Å². The Labute approximate surface area is 191 Å². The summed E-state index contributed by atoms with van der Waals surface area (Å²) in [4.78, 5) is 35.8. The molecule has 2 amide bonds. The molecule has 1 aliphatic rings. The number of carboxylic acid groups (broad SMARTS) is 1. The Morgan fingerprint density at radius 1 is 1.18 bits per heavy atom. The van der Waals surface area contributed by atoms with Crippen LogP contribution in [0, 0.1) is 5.92 Å². The Morgan fingerprint density at radius 3 is 2.50 bits per heavy atom. The number of nitrogens with zero attached hydrogens (tertiary/aromatic N) is 2. The highest BCUT2D eigenvalue weighted by atomic mass is 19.4. The summed E-state index contributed by atoms with van der Waals surface area (Å²) in [6.45, 7) is 0.928. The number of rotatable bonds is 4. The smallest absolute Gasteiger partial charge is 0.475 e. The Kier molecular flexibility index (Phi) is 7.51. The van der Waals surface area contributed by atoms with E-state index in [1.54, 1.807) is 11.1 Å². The molecule has 2 heterocycles. The van der Waals surface area contributed by atoms with Crippen molar-refractivity contribution in [2.75, 3.05) is 18.4 Å². The fourth-order valence-corrected chi connectivity index (χ4v) is 3.44. The van der Waals surface area contributed by atoms with Crippen molar-refractivity contribution in [3.05, 3.63) is 60.3 Å². The van der Waals surface area contributed by atoms with E-state index in [2.05, 4.69) is 15.5 Å². The highest BCUT2D eigenvalue weighted by Gasteiger charge is 2.38. The van der Waals surface area contributed by atoms with E-state index >= 15 is 0 Å². The van der Waals surface area contributed by atoms with E-state index in [1.165, 1.54) is 0 Å². The van der Waals surface area contributed by atoms with Crippen molar-refractivity contribution in [3.63, 3.8) is 0 Å². The summed E-state index contributed by atoms with van der Waals surface area (Å²) in [7, 11) is 0. The molecule has 180 valence electrons. The van der Waals surface area contributed by atoms with Crippen LogP contribution >= 0.6 is 0 Å². The van der Waals surface area contributed by atoms with E-state index in [0.29, 0.717) is 19.5 Å². The van der Waals surface area contributed by atoms with Crippen LogP contribution in [0.4, 0.5) is 18.9 Å². The number of likely N-dealkylation sites (tertiary alicyclic amines) is 1. The molecule has 0 aliphatic carbocycles. The number of hydrogen-bond acceptors (Lipinski definition) is 5. The first kappa shape index (κ1) is 24.7. The zero-order valence-electron chi connectivity index (χ0n) is 17.7. The molecular formula is C22H22F3N5O4. The van der Waals surface area contributed by atoms with Gasteiger partial charge in [0.15, 0.2) is 0 Å². The predicted octanol–water partition coefficient (Wildman–Crippen LogP) is 2.68. The number of halogens is 3. The van der Waals surface area contributed by atoms with Gasteiger partial charge in [0.1, 0.15) is 6.04 Å². The Morgan fingerprint density at radius 2 is 1.85 bits per heavy atom. The lowest BCUT2D eigenvalue weighted by Gasteiger charge is -2.21. The third kappa shape index (κ3) is 6.10. The number of H-pyrrole nitrogens is 1. The minimum atomic E-state index is -5.08. The second-order valence-electron chi connectivity index (χ2n) is 7.62. The molecule has 1 aromatic heterocycles. The standard InChI is InChI=1S/C20H21N5O2.C2HF3O2/c21-18(13-4-2-1-3-5-13)20(27)25-9-8-14(12-25)19(26)23-16-6-7-17-15(10-16)11-22-24-17;3-2(4,5)1(6)7/h1-7,10-11,14,18H,8-9,12,21H2,(H,22,24)(H,23,26);(H,6,7)/t14?,18-;/m1./s1. The van der Waals surface area contributed by atoms with Gasteiger partial charge in [-0.1, -0.05) is 30.3 Å². The minimum absolute atomic E-state index is 0.0820. The van der Waals surface area contributed by atoms with Crippen molar-refractivity contribution in [1.29, 1.82) is 0 Å². The van der Waals surface area contributed by atoms with Gasteiger partial charge < -0.3 is 21.1 Å². The molecule has 1 aliphatic heterocycles. The molecule has 0 spiro atoms. The van der Waals surface area contributed by atoms with Gasteiger partial charge in [-0.25, -0.2) is 4.79 Å². The number of nitrogens with two attached hydrogens (primary N) is 1. The normalized spacial score (nSPS) is 16.5. The molecule has 1 fully saturated rings. The Balaban J connectivity index is 0.000000406. The molecular weight excluding hydrogens is 455 g/mol. The number of carboxylic acids is 1. The second-order valence-corrected chi connectivity index (χ2v) is 7.62. The second kappa shape index (κ2) is 10.3. The van der Waals surface area contributed by atoms with Gasteiger partial charge in [-0.05, 0) is 30.2 Å². The lowest BCUT2D eigenvalue weighted by Crippen LogP contribution is -2.38. The number of carbonyl (C=O) groups excluding carboxylic acids is 2. The average Bonchev–Trinajstić information content (AvgIpc) is 3.48. The fourth-order valence-electron chi connectivity index (χ4n) is 3.44. The lowest BCUT2D eigenvalue weighted by molar-refractivity contribution is -0.192. The van der Waals surface area contributed by atoms with E-state index in [1.807, 2.05) is 48.5 Å². The lowest BCUT2D eigenvalue weighted by atomic mass is 10.1. The highest BCUT2D eigenvalue weighted by Crippen LogP contribution is 2.23. The summed E-state index contributed by atoms with van der Waals surface area (Å²) in [5.74, 6) is -3.22. The molecule has 2 atom stereocenters. The monoisotopic (exact) mass is 477 g/mol. The van der Waals surface area contributed by atoms with Crippen molar-refractivity contribution in [2.24, 2.45) is 11.7 Å². The predicted molar refractivity (Wildman–Crippen MR) is 116 cm³/mol. The third-order valence-electron chi connectivity index (χ3n) is 5.25. The first-order valence-corrected chi connectivity index (χ1v) is 10.2. The zero-order chi connectivity index (χ0) is 24.9. The van der Waals surface area contributed by atoms with E-state index in [9.17, 15) is 22.8 Å². The van der Waals surface area contributed by atoms with Crippen molar-refractivity contribution in [3.8, 4) is 0 Å². The van der Waals surface area contributed by atoms with Crippen LogP contribution in [0.15, 0.2) is 54.7 Å². The molecule has 1 unspecified atom stereocenters. The van der Waals surface area contributed by atoms with Gasteiger partial charge in [-0.15, -0.1) is 0 Å². The first-order valence-electron chi connectivity index (χ1n) is 10.2. The SMILES string of the molecule is N[C@@H](C(=O)N1CCC(C(=O)Nc2ccc3[nH]ncc3c2)C1)c1ccccc1.O=C(O)C(F)(F)F. The number of fused-ring (bicyclic) bond motifs is 1. The molecule has 34 heavy (non-hydrogen) atoms. The summed E-state index contributed by atoms with van der Waals surface area (Å²) in [6, 6.07) is 14.2. The summed E-state index contributed by atoms with van der Waals surface area (Å²) in [6.07, 6.45) is -2.74. The number of aromatic nitrogens is 2. The molecule has 1 saturated heterocycles. The van der Waals surface area contributed by atoms with E-state index in [-0.39, 0.29) is 17.7 Å². The number of aliphatic carboxylic acids is 1. The maximum atomic E-state index is 12.6. The largest absolute Gasteiger partial charge is 0.490 e. The fraction of sp³-hybridized carbons (Fsp3) is 0.273. The van der Waals surface area contributed by atoms with Crippen LogP contribution in [0.5, 0.6) is 0 Å². The van der Waals surface area contributed by atoms with Crippen LogP contribution in [-0.4, -0.2) is 57.3 Å². The number of alkyl halides is 3. The van der Waals surface area contributed by atoms with Gasteiger partial charge in [0, 0.05) is 24.2 Å². The van der Waals surface area contributed by atoms with Crippen molar-refractivity contribution in [1.82, 2.24) is 15.1 Å². The van der Waals surface area contributed by atoms with Gasteiger partial charge in [0.25, 0.3) is 0 Å². The third-order valence-corrected chi connectivity index (χ3v) is 5.25. The van der Waals surface area contributed by atoms with Gasteiger partial charge in [0.2, 0.25) is 11.8 Å².